The molecule has 2 atom stereocenters. The van der Waals surface area contributed by atoms with Gasteiger partial charge in [0.2, 0.25) is 11.8 Å². The van der Waals surface area contributed by atoms with Gasteiger partial charge in [-0.2, -0.15) is 0 Å². The standard InChI is InChI=1S/C36H39ClFN3O4S/c1-5-27(4)39-36(43)34(22-28-11-7-6-8-12-28)40(23-29-13-9-10-14-32(29)38)35(42)24-41(33-20-17-30(37)21-26(33)3)46(44,45)31-18-15-25(2)16-19-31/h6-21,27,34H,5,22-24H2,1-4H3,(H,39,43). The Morgan fingerprint density at radius 1 is 0.913 bits per heavy atom. The number of carbonyl (C=O) groups is 2. The number of nitrogens with one attached hydrogen (secondary N) is 1. The van der Waals surface area contributed by atoms with Crippen molar-refractivity contribution in [3.8, 4) is 0 Å². The second kappa shape index (κ2) is 15.4. The molecular formula is C36H39ClFN3O4S. The molecule has 4 aromatic carbocycles. The summed E-state index contributed by atoms with van der Waals surface area (Å²) in [6.45, 7) is 6.45. The topological polar surface area (TPSA) is 86.8 Å². The number of amides is 2. The van der Waals surface area contributed by atoms with Crippen molar-refractivity contribution in [1.82, 2.24) is 10.2 Å². The van der Waals surface area contributed by atoms with Crippen LogP contribution in [0.3, 0.4) is 0 Å². The Bertz CT molecular complexity index is 1770. The van der Waals surface area contributed by atoms with E-state index in [9.17, 15) is 18.0 Å². The highest BCUT2D eigenvalue weighted by Gasteiger charge is 2.35. The highest BCUT2D eigenvalue weighted by molar-refractivity contribution is 7.92. The third kappa shape index (κ3) is 8.53. The van der Waals surface area contributed by atoms with Crippen molar-refractivity contribution in [1.29, 1.82) is 0 Å². The Labute approximate surface area is 276 Å². The van der Waals surface area contributed by atoms with Crippen LogP contribution in [-0.4, -0.2) is 43.8 Å². The van der Waals surface area contributed by atoms with Crippen molar-refractivity contribution >= 4 is 39.1 Å². The molecule has 0 heterocycles. The molecule has 4 rings (SSSR count). The first kappa shape index (κ1) is 34.7. The molecule has 0 aliphatic rings. The van der Waals surface area contributed by atoms with Crippen molar-refractivity contribution in [2.24, 2.45) is 0 Å². The fourth-order valence-electron chi connectivity index (χ4n) is 5.05. The largest absolute Gasteiger partial charge is 0.352 e. The lowest BCUT2D eigenvalue weighted by atomic mass is 10.0. The lowest BCUT2D eigenvalue weighted by molar-refractivity contribution is -0.140. The zero-order chi connectivity index (χ0) is 33.4. The van der Waals surface area contributed by atoms with Crippen LogP contribution in [0.15, 0.2) is 102 Å². The minimum Gasteiger partial charge on any atom is -0.352 e. The van der Waals surface area contributed by atoms with Crippen LogP contribution >= 0.6 is 11.6 Å². The second-order valence-electron chi connectivity index (χ2n) is 11.4. The monoisotopic (exact) mass is 663 g/mol. The maximum absolute atomic E-state index is 15.1. The van der Waals surface area contributed by atoms with E-state index in [2.05, 4.69) is 5.32 Å². The molecule has 0 aromatic heterocycles. The summed E-state index contributed by atoms with van der Waals surface area (Å²) < 4.78 is 44.5. The van der Waals surface area contributed by atoms with Gasteiger partial charge in [0.25, 0.3) is 10.0 Å². The normalized spacial score (nSPS) is 12.7. The number of benzene rings is 4. The lowest BCUT2D eigenvalue weighted by Gasteiger charge is -2.34. The van der Waals surface area contributed by atoms with Crippen LogP contribution in [-0.2, 0) is 32.6 Å². The summed E-state index contributed by atoms with van der Waals surface area (Å²) in [5.41, 5.74) is 2.65. The van der Waals surface area contributed by atoms with Gasteiger partial charge in [0.05, 0.1) is 10.6 Å². The van der Waals surface area contributed by atoms with Crippen LogP contribution in [0.4, 0.5) is 10.1 Å². The van der Waals surface area contributed by atoms with Gasteiger partial charge < -0.3 is 10.2 Å². The Balaban J connectivity index is 1.84. The van der Waals surface area contributed by atoms with E-state index in [0.717, 1.165) is 15.4 Å². The van der Waals surface area contributed by atoms with E-state index >= 15 is 4.39 Å². The predicted molar refractivity (Wildman–Crippen MR) is 181 cm³/mol. The van der Waals surface area contributed by atoms with Crippen LogP contribution in [0.1, 0.15) is 42.5 Å². The minimum absolute atomic E-state index is 0.00347. The first-order chi connectivity index (χ1) is 21.9. The number of nitrogens with zero attached hydrogens (tertiary/aromatic N) is 2. The van der Waals surface area contributed by atoms with E-state index in [1.54, 1.807) is 55.5 Å². The third-order valence-corrected chi connectivity index (χ3v) is 9.90. The van der Waals surface area contributed by atoms with Gasteiger partial charge in [0.15, 0.2) is 0 Å². The fourth-order valence-corrected chi connectivity index (χ4v) is 6.76. The van der Waals surface area contributed by atoms with E-state index in [0.29, 0.717) is 17.0 Å². The summed E-state index contributed by atoms with van der Waals surface area (Å²) in [7, 11) is -4.28. The summed E-state index contributed by atoms with van der Waals surface area (Å²) >= 11 is 6.22. The maximum Gasteiger partial charge on any atom is 0.264 e. The molecule has 0 radical (unpaired) electrons. The summed E-state index contributed by atoms with van der Waals surface area (Å²) in [5, 5.41) is 3.38. The lowest BCUT2D eigenvalue weighted by Crippen LogP contribution is -2.54. The zero-order valence-corrected chi connectivity index (χ0v) is 28.0. The number of carbonyl (C=O) groups excluding carboxylic acids is 2. The first-order valence-electron chi connectivity index (χ1n) is 15.1. The molecule has 2 unspecified atom stereocenters. The summed E-state index contributed by atoms with van der Waals surface area (Å²) in [4.78, 5) is 29.7. The van der Waals surface area contributed by atoms with Crippen molar-refractivity contribution in [2.45, 2.75) is 64.1 Å². The van der Waals surface area contributed by atoms with Crippen molar-refractivity contribution in [3.63, 3.8) is 0 Å². The zero-order valence-electron chi connectivity index (χ0n) is 26.4. The van der Waals surface area contributed by atoms with Crippen molar-refractivity contribution < 1.29 is 22.4 Å². The van der Waals surface area contributed by atoms with E-state index in [-0.39, 0.29) is 35.2 Å². The van der Waals surface area contributed by atoms with Crippen LogP contribution in [0.25, 0.3) is 0 Å². The number of hydrogen-bond acceptors (Lipinski definition) is 4. The highest BCUT2D eigenvalue weighted by Crippen LogP contribution is 2.30. The molecule has 0 aliphatic heterocycles. The quantitative estimate of drug-likeness (QED) is 0.170. The number of sulfonamides is 1. The van der Waals surface area contributed by atoms with Gasteiger partial charge in [-0.15, -0.1) is 0 Å². The molecule has 10 heteroatoms. The number of halogens is 2. The predicted octanol–water partition coefficient (Wildman–Crippen LogP) is 6.85. The summed E-state index contributed by atoms with van der Waals surface area (Å²) in [6, 6.07) is 25.0. The van der Waals surface area contributed by atoms with Gasteiger partial charge in [0, 0.05) is 29.6 Å². The van der Waals surface area contributed by atoms with Gasteiger partial charge >= 0.3 is 0 Å². The molecule has 7 nitrogen and oxygen atoms in total. The van der Waals surface area contributed by atoms with Crippen LogP contribution < -0.4 is 9.62 Å². The number of rotatable bonds is 13. The Kier molecular flexibility index (Phi) is 11.6. The summed E-state index contributed by atoms with van der Waals surface area (Å²) in [5.74, 6) is -1.63. The van der Waals surface area contributed by atoms with E-state index in [1.165, 1.54) is 23.1 Å². The fraction of sp³-hybridized carbons (Fsp3) is 0.278. The molecular weight excluding hydrogens is 625 g/mol. The van der Waals surface area contributed by atoms with Crippen LogP contribution in [0.2, 0.25) is 5.02 Å². The van der Waals surface area contributed by atoms with Gasteiger partial charge in [-0.05, 0) is 74.7 Å². The Hall–Kier alpha value is -4.21. The van der Waals surface area contributed by atoms with Crippen LogP contribution in [0, 0.1) is 19.7 Å². The average Bonchev–Trinajstić information content (AvgIpc) is 3.03. The maximum atomic E-state index is 15.1. The van der Waals surface area contributed by atoms with E-state index < -0.39 is 40.2 Å². The summed E-state index contributed by atoms with van der Waals surface area (Å²) in [6.07, 6.45) is 0.789. The van der Waals surface area contributed by atoms with Gasteiger partial charge in [0.1, 0.15) is 18.4 Å². The highest BCUT2D eigenvalue weighted by atomic mass is 35.5. The molecule has 0 spiro atoms. The van der Waals surface area contributed by atoms with E-state index in [1.807, 2.05) is 51.1 Å². The van der Waals surface area contributed by atoms with Crippen LogP contribution in [0.5, 0.6) is 0 Å². The molecule has 0 saturated heterocycles. The SMILES string of the molecule is CCC(C)NC(=O)C(Cc1ccccc1)N(Cc1ccccc1F)C(=O)CN(c1ccc(Cl)cc1C)S(=O)(=O)c1ccc(C)cc1. The molecule has 0 fully saturated rings. The molecule has 1 N–H and O–H groups in total. The van der Waals surface area contributed by atoms with Gasteiger partial charge in [-0.3, -0.25) is 13.9 Å². The van der Waals surface area contributed by atoms with Gasteiger partial charge in [-0.25, -0.2) is 12.8 Å². The molecule has 2 amide bonds. The minimum atomic E-state index is -4.28. The first-order valence-corrected chi connectivity index (χ1v) is 16.9. The molecule has 242 valence electrons. The van der Waals surface area contributed by atoms with Crippen molar-refractivity contribution in [3.05, 3.63) is 130 Å². The average molecular weight is 664 g/mol. The number of hydrogen-bond donors (Lipinski definition) is 1. The van der Waals surface area contributed by atoms with Crippen molar-refractivity contribution in [2.75, 3.05) is 10.8 Å². The smallest absolute Gasteiger partial charge is 0.264 e. The van der Waals surface area contributed by atoms with E-state index in [4.69, 9.17) is 11.6 Å². The molecule has 4 aromatic rings. The number of anilines is 1. The molecule has 46 heavy (non-hydrogen) atoms. The Morgan fingerprint density at radius 2 is 1.57 bits per heavy atom. The molecule has 0 saturated carbocycles. The third-order valence-electron chi connectivity index (χ3n) is 7.89. The number of aryl methyl sites for hydroxylation is 2. The molecule has 0 bridgehead atoms. The molecule has 0 aliphatic carbocycles. The second-order valence-corrected chi connectivity index (χ2v) is 13.7. The Morgan fingerprint density at radius 3 is 2.20 bits per heavy atom. The van der Waals surface area contributed by atoms with Gasteiger partial charge in [-0.1, -0.05) is 84.8 Å².